The van der Waals surface area contributed by atoms with Crippen molar-refractivity contribution in [2.75, 3.05) is 0 Å². The Labute approximate surface area is 131 Å². The number of amides is 1. The van der Waals surface area contributed by atoms with Gasteiger partial charge in [-0.25, -0.2) is 0 Å². The van der Waals surface area contributed by atoms with Crippen molar-refractivity contribution in [2.45, 2.75) is 13.3 Å². The number of carbonyl (C=O) groups is 1. The summed E-state index contributed by atoms with van der Waals surface area (Å²) in [7, 11) is 0. The second-order valence-corrected chi connectivity index (χ2v) is 5.62. The van der Waals surface area contributed by atoms with Crippen LogP contribution in [0.1, 0.15) is 22.8 Å². The zero-order chi connectivity index (χ0) is 15.5. The van der Waals surface area contributed by atoms with E-state index in [-0.39, 0.29) is 0 Å². The lowest BCUT2D eigenvalue weighted by molar-refractivity contribution is 0.100. The molecule has 0 radical (unpaired) electrons. The van der Waals surface area contributed by atoms with Crippen LogP contribution < -0.4 is 5.73 Å². The number of benzene rings is 1. The predicted molar refractivity (Wildman–Crippen MR) is 86.5 cm³/mol. The van der Waals surface area contributed by atoms with E-state index in [0.717, 1.165) is 33.7 Å². The second kappa shape index (κ2) is 6.03. The number of hydrogen-bond acceptors (Lipinski definition) is 5. The Morgan fingerprint density at radius 2 is 2.09 bits per heavy atom. The van der Waals surface area contributed by atoms with Crippen molar-refractivity contribution in [3.8, 4) is 21.7 Å². The number of rotatable bonds is 4. The van der Waals surface area contributed by atoms with Gasteiger partial charge in [0.1, 0.15) is 0 Å². The number of aryl methyl sites for hydroxylation is 1. The van der Waals surface area contributed by atoms with Gasteiger partial charge in [0.25, 0.3) is 0 Å². The Morgan fingerprint density at radius 1 is 1.23 bits per heavy atom. The summed E-state index contributed by atoms with van der Waals surface area (Å²) in [6.07, 6.45) is 7.45. The van der Waals surface area contributed by atoms with Crippen molar-refractivity contribution in [1.29, 1.82) is 0 Å². The molecule has 3 aromatic rings. The molecule has 2 heterocycles. The van der Waals surface area contributed by atoms with Crippen molar-refractivity contribution in [3.05, 3.63) is 53.6 Å². The van der Waals surface area contributed by atoms with E-state index in [0.29, 0.717) is 5.56 Å². The van der Waals surface area contributed by atoms with Crippen LogP contribution >= 0.6 is 11.3 Å². The minimum atomic E-state index is -0.455. The Balaban J connectivity index is 2.26. The van der Waals surface area contributed by atoms with Crippen molar-refractivity contribution in [1.82, 2.24) is 15.0 Å². The third-order valence-corrected chi connectivity index (χ3v) is 4.19. The van der Waals surface area contributed by atoms with Gasteiger partial charge in [0.15, 0.2) is 0 Å². The lowest BCUT2D eigenvalue weighted by atomic mass is 9.93. The first-order chi connectivity index (χ1) is 10.7. The second-order valence-electron chi connectivity index (χ2n) is 4.73. The van der Waals surface area contributed by atoms with Crippen molar-refractivity contribution >= 4 is 17.2 Å². The monoisotopic (exact) mass is 310 g/mol. The molecule has 3 rings (SSSR count). The zero-order valence-electron chi connectivity index (χ0n) is 12.0. The number of hydrogen-bond donors (Lipinski definition) is 1. The first kappa shape index (κ1) is 14.3. The van der Waals surface area contributed by atoms with Gasteiger partial charge in [-0.2, -0.15) is 0 Å². The summed E-state index contributed by atoms with van der Waals surface area (Å²) in [4.78, 5) is 25.3. The van der Waals surface area contributed by atoms with E-state index in [1.807, 2.05) is 13.0 Å². The zero-order valence-corrected chi connectivity index (χ0v) is 12.8. The molecule has 110 valence electrons. The lowest BCUT2D eigenvalue weighted by Gasteiger charge is -2.13. The fourth-order valence-corrected chi connectivity index (χ4v) is 3.12. The van der Waals surface area contributed by atoms with E-state index < -0.39 is 5.91 Å². The molecule has 0 atom stereocenters. The number of nitrogens with zero attached hydrogens (tertiary/aromatic N) is 3. The lowest BCUT2D eigenvalue weighted by Crippen LogP contribution is -2.13. The number of primary amides is 1. The molecule has 1 amide bonds. The van der Waals surface area contributed by atoms with Crippen LogP contribution in [0.5, 0.6) is 0 Å². The largest absolute Gasteiger partial charge is 0.366 e. The summed E-state index contributed by atoms with van der Waals surface area (Å²) < 4.78 is 0. The van der Waals surface area contributed by atoms with Gasteiger partial charge < -0.3 is 5.73 Å². The average molecular weight is 310 g/mol. The highest BCUT2D eigenvalue weighted by Gasteiger charge is 2.18. The van der Waals surface area contributed by atoms with Crippen LogP contribution in [-0.4, -0.2) is 20.9 Å². The van der Waals surface area contributed by atoms with Gasteiger partial charge in [0, 0.05) is 35.3 Å². The maximum atomic E-state index is 11.9. The Morgan fingerprint density at radius 3 is 2.68 bits per heavy atom. The molecule has 0 saturated carbocycles. The smallest absolute Gasteiger partial charge is 0.249 e. The topological polar surface area (TPSA) is 81.8 Å². The van der Waals surface area contributed by atoms with Crippen LogP contribution in [0.4, 0.5) is 0 Å². The summed E-state index contributed by atoms with van der Waals surface area (Å²) in [6, 6.07) is 3.81. The van der Waals surface area contributed by atoms with Crippen molar-refractivity contribution < 1.29 is 4.79 Å². The normalized spacial score (nSPS) is 10.6. The molecule has 5 nitrogen and oxygen atoms in total. The molecule has 2 aromatic heterocycles. The van der Waals surface area contributed by atoms with E-state index in [9.17, 15) is 4.79 Å². The van der Waals surface area contributed by atoms with E-state index in [4.69, 9.17) is 5.73 Å². The molecule has 0 aliphatic rings. The van der Waals surface area contributed by atoms with Crippen molar-refractivity contribution in [2.24, 2.45) is 5.73 Å². The fraction of sp³-hybridized carbons (Fsp3) is 0.125. The average Bonchev–Trinajstić information content (AvgIpc) is 3.08. The van der Waals surface area contributed by atoms with Crippen LogP contribution in [0.2, 0.25) is 0 Å². The highest BCUT2D eigenvalue weighted by molar-refractivity contribution is 7.13. The number of thiazole rings is 1. The minimum absolute atomic E-state index is 0.455. The van der Waals surface area contributed by atoms with Crippen LogP contribution in [0.25, 0.3) is 21.7 Å². The maximum Gasteiger partial charge on any atom is 0.249 e. The standard InChI is InChI=1S/C16H14N4OS/c1-2-10-5-11(13-7-18-3-4-20-13)6-12(16(17)21)15(10)14-8-19-9-22-14/h3-9H,2H2,1H3,(H2,17,21). The van der Waals surface area contributed by atoms with Gasteiger partial charge in [-0.3, -0.25) is 19.7 Å². The number of aromatic nitrogens is 3. The molecule has 0 unspecified atom stereocenters. The fourth-order valence-electron chi connectivity index (χ4n) is 2.40. The van der Waals surface area contributed by atoms with Gasteiger partial charge >= 0.3 is 0 Å². The van der Waals surface area contributed by atoms with Crippen LogP contribution in [0.15, 0.2) is 42.4 Å². The van der Waals surface area contributed by atoms with Crippen LogP contribution in [0.3, 0.4) is 0 Å². The Hall–Kier alpha value is -2.60. The Kier molecular flexibility index (Phi) is 3.93. The summed E-state index contributed by atoms with van der Waals surface area (Å²) in [5.41, 5.74) is 11.3. The first-order valence-electron chi connectivity index (χ1n) is 6.82. The number of carbonyl (C=O) groups excluding carboxylic acids is 1. The quantitative estimate of drug-likeness (QED) is 0.803. The molecule has 0 saturated heterocycles. The van der Waals surface area contributed by atoms with E-state index >= 15 is 0 Å². The SMILES string of the molecule is CCc1cc(-c2cnccn2)cc(C(N)=O)c1-c1cncs1. The molecule has 22 heavy (non-hydrogen) atoms. The van der Waals surface area contributed by atoms with Gasteiger partial charge in [0.2, 0.25) is 5.91 Å². The van der Waals surface area contributed by atoms with Gasteiger partial charge in [-0.1, -0.05) is 6.92 Å². The summed E-state index contributed by atoms with van der Waals surface area (Å²) in [5.74, 6) is -0.455. The van der Waals surface area contributed by atoms with Gasteiger partial charge in [-0.05, 0) is 24.1 Å². The maximum absolute atomic E-state index is 11.9. The molecular weight excluding hydrogens is 296 g/mol. The molecule has 6 heteroatoms. The summed E-state index contributed by atoms with van der Waals surface area (Å²) in [5, 5.41) is 0. The van der Waals surface area contributed by atoms with Crippen LogP contribution in [-0.2, 0) is 6.42 Å². The molecular formula is C16H14N4OS. The molecule has 1 aromatic carbocycles. The van der Waals surface area contributed by atoms with Crippen LogP contribution in [0, 0.1) is 0 Å². The van der Waals surface area contributed by atoms with Gasteiger partial charge in [0.05, 0.1) is 22.3 Å². The highest BCUT2D eigenvalue weighted by Crippen LogP contribution is 2.34. The van der Waals surface area contributed by atoms with E-state index in [1.54, 1.807) is 36.4 Å². The first-order valence-corrected chi connectivity index (χ1v) is 7.70. The molecule has 0 aliphatic heterocycles. The number of nitrogens with two attached hydrogens (primary N) is 1. The molecule has 0 spiro atoms. The summed E-state index contributed by atoms with van der Waals surface area (Å²) >= 11 is 1.49. The highest BCUT2D eigenvalue weighted by atomic mass is 32.1. The minimum Gasteiger partial charge on any atom is -0.366 e. The molecule has 0 bridgehead atoms. The third kappa shape index (κ3) is 2.60. The van der Waals surface area contributed by atoms with E-state index in [1.165, 1.54) is 11.3 Å². The summed E-state index contributed by atoms with van der Waals surface area (Å²) in [6.45, 7) is 2.05. The van der Waals surface area contributed by atoms with Crippen molar-refractivity contribution in [3.63, 3.8) is 0 Å². The Bertz CT molecular complexity index is 801. The van der Waals surface area contributed by atoms with Gasteiger partial charge in [-0.15, -0.1) is 11.3 Å². The van der Waals surface area contributed by atoms with E-state index in [2.05, 4.69) is 15.0 Å². The molecule has 0 fully saturated rings. The third-order valence-electron chi connectivity index (χ3n) is 3.40. The molecule has 0 aliphatic carbocycles. The predicted octanol–water partition coefficient (Wildman–Crippen LogP) is 2.93. The molecule has 2 N–H and O–H groups in total.